The van der Waals surface area contributed by atoms with E-state index in [0.29, 0.717) is 28.6 Å². The maximum atomic E-state index is 12.7. The van der Waals surface area contributed by atoms with E-state index in [-0.39, 0.29) is 12.1 Å². The average Bonchev–Trinajstić information content (AvgIpc) is 3.36. The summed E-state index contributed by atoms with van der Waals surface area (Å²) >= 11 is 0. The Hall–Kier alpha value is -2.96. The zero-order valence-electron chi connectivity index (χ0n) is 13.1. The standard InChI is InChI=1S/C17H15N3O4/c1-23-17(22)12-5-2-10-6-7-20(16(21)13(10)8-12)9-14-18-19-15(24-14)11-3-4-11/h2,5-8,11H,3-4,9H2,1H3. The van der Waals surface area contributed by atoms with Gasteiger partial charge in [0.1, 0.15) is 6.54 Å². The number of fused-ring (bicyclic) bond motifs is 1. The van der Waals surface area contributed by atoms with Crippen molar-refractivity contribution in [2.24, 2.45) is 0 Å². The predicted octanol–water partition coefficient (Wildman–Crippen LogP) is 2.10. The van der Waals surface area contributed by atoms with E-state index in [4.69, 9.17) is 9.15 Å². The van der Waals surface area contributed by atoms with Gasteiger partial charge in [0.2, 0.25) is 11.8 Å². The Morgan fingerprint density at radius 3 is 2.92 bits per heavy atom. The second-order valence-corrected chi connectivity index (χ2v) is 5.85. The van der Waals surface area contributed by atoms with Crippen LogP contribution < -0.4 is 5.56 Å². The molecule has 0 amide bonds. The van der Waals surface area contributed by atoms with Crippen LogP contribution in [-0.2, 0) is 11.3 Å². The highest BCUT2D eigenvalue weighted by atomic mass is 16.5. The van der Waals surface area contributed by atoms with Gasteiger partial charge in [-0.2, -0.15) is 0 Å². The van der Waals surface area contributed by atoms with E-state index in [0.717, 1.165) is 18.2 Å². The van der Waals surface area contributed by atoms with Crippen LogP contribution >= 0.6 is 0 Å². The fourth-order valence-corrected chi connectivity index (χ4v) is 2.62. The molecule has 1 saturated carbocycles. The molecule has 0 N–H and O–H groups in total. The molecule has 3 aromatic rings. The summed E-state index contributed by atoms with van der Waals surface area (Å²) in [4.78, 5) is 24.3. The SMILES string of the molecule is COC(=O)c1ccc2ccn(Cc3nnc(C4CC4)o3)c(=O)c2c1. The molecule has 7 nitrogen and oxygen atoms in total. The lowest BCUT2D eigenvalue weighted by Gasteiger charge is -2.06. The number of carbonyl (C=O) groups excluding carboxylic acids is 1. The lowest BCUT2D eigenvalue weighted by atomic mass is 10.1. The molecule has 4 rings (SSSR count). The normalized spacial score (nSPS) is 14.0. The number of rotatable bonds is 4. The third-order valence-corrected chi connectivity index (χ3v) is 4.11. The van der Waals surface area contributed by atoms with Crippen LogP contribution in [-0.4, -0.2) is 27.8 Å². The summed E-state index contributed by atoms with van der Waals surface area (Å²) in [6.07, 6.45) is 3.84. The van der Waals surface area contributed by atoms with Crippen LogP contribution in [0.3, 0.4) is 0 Å². The van der Waals surface area contributed by atoms with Crippen LogP contribution in [0.25, 0.3) is 10.8 Å². The van der Waals surface area contributed by atoms with Gasteiger partial charge in [-0.25, -0.2) is 4.79 Å². The van der Waals surface area contributed by atoms with Crippen molar-refractivity contribution in [1.82, 2.24) is 14.8 Å². The van der Waals surface area contributed by atoms with Gasteiger partial charge >= 0.3 is 5.97 Å². The Morgan fingerprint density at radius 2 is 2.17 bits per heavy atom. The summed E-state index contributed by atoms with van der Waals surface area (Å²) in [5, 5.41) is 9.23. The number of hydrogen-bond acceptors (Lipinski definition) is 6. The second kappa shape index (κ2) is 5.59. The lowest BCUT2D eigenvalue weighted by Crippen LogP contribution is -2.20. The molecule has 0 spiro atoms. The van der Waals surface area contributed by atoms with E-state index < -0.39 is 5.97 Å². The molecule has 1 fully saturated rings. The first-order chi connectivity index (χ1) is 11.7. The molecule has 1 aliphatic rings. The number of benzene rings is 1. The van der Waals surface area contributed by atoms with Gasteiger partial charge in [-0.1, -0.05) is 6.07 Å². The van der Waals surface area contributed by atoms with Crippen molar-refractivity contribution in [1.29, 1.82) is 0 Å². The number of carbonyl (C=O) groups is 1. The minimum Gasteiger partial charge on any atom is -0.465 e. The number of pyridine rings is 1. The zero-order valence-corrected chi connectivity index (χ0v) is 13.1. The first kappa shape index (κ1) is 14.6. The van der Waals surface area contributed by atoms with Crippen LogP contribution in [0.5, 0.6) is 0 Å². The minimum atomic E-state index is -0.474. The molecule has 0 aliphatic heterocycles. The molecule has 2 aromatic heterocycles. The van der Waals surface area contributed by atoms with Crippen LogP contribution in [0, 0.1) is 0 Å². The summed E-state index contributed by atoms with van der Waals surface area (Å²) < 4.78 is 11.8. The molecular weight excluding hydrogens is 310 g/mol. The van der Waals surface area contributed by atoms with Crippen LogP contribution in [0.1, 0.15) is 40.9 Å². The average molecular weight is 325 g/mol. The lowest BCUT2D eigenvalue weighted by molar-refractivity contribution is 0.0601. The molecule has 1 aliphatic carbocycles. The molecule has 0 unspecified atom stereocenters. The van der Waals surface area contributed by atoms with Gasteiger partial charge < -0.3 is 13.7 Å². The Morgan fingerprint density at radius 1 is 1.33 bits per heavy atom. The van der Waals surface area contributed by atoms with Gasteiger partial charge in [0.15, 0.2) is 0 Å². The van der Waals surface area contributed by atoms with E-state index in [1.807, 2.05) is 6.07 Å². The van der Waals surface area contributed by atoms with Crippen molar-refractivity contribution >= 4 is 16.7 Å². The van der Waals surface area contributed by atoms with Gasteiger partial charge in [0.05, 0.1) is 12.7 Å². The molecule has 1 aromatic carbocycles. The second-order valence-electron chi connectivity index (χ2n) is 5.85. The van der Waals surface area contributed by atoms with Crippen molar-refractivity contribution in [3.05, 3.63) is 58.2 Å². The Kier molecular flexibility index (Phi) is 3.41. The smallest absolute Gasteiger partial charge is 0.337 e. The van der Waals surface area contributed by atoms with Crippen LogP contribution in [0.2, 0.25) is 0 Å². The molecule has 0 atom stereocenters. The highest BCUT2D eigenvalue weighted by Gasteiger charge is 2.29. The quantitative estimate of drug-likeness (QED) is 0.683. The molecule has 0 radical (unpaired) electrons. The molecule has 0 bridgehead atoms. The van der Waals surface area contributed by atoms with E-state index in [1.165, 1.54) is 11.7 Å². The zero-order chi connectivity index (χ0) is 16.7. The highest BCUT2D eigenvalue weighted by Crippen LogP contribution is 2.39. The van der Waals surface area contributed by atoms with Crippen LogP contribution in [0.4, 0.5) is 0 Å². The number of methoxy groups -OCH3 is 1. The minimum absolute atomic E-state index is 0.205. The van der Waals surface area contributed by atoms with Gasteiger partial charge in [0, 0.05) is 17.5 Å². The van der Waals surface area contributed by atoms with E-state index in [9.17, 15) is 9.59 Å². The topological polar surface area (TPSA) is 87.2 Å². The monoisotopic (exact) mass is 325 g/mol. The Balaban J connectivity index is 1.70. The Bertz CT molecular complexity index is 985. The molecular formula is C17H15N3O4. The third kappa shape index (κ3) is 2.58. The molecule has 122 valence electrons. The summed E-state index contributed by atoms with van der Waals surface area (Å²) in [5.74, 6) is 0.953. The number of aromatic nitrogens is 3. The summed E-state index contributed by atoms with van der Waals surface area (Å²) in [6.45, 7) is 0.205. The van der Waals surface area contributed by atoms with Gasteiger partial charge in [-0.15, -0.1) is 10.2 Å². The molecule has 24 heavy (non-hydrogen) atoms. The third-order valence-electron chi connectivity index (χ3n) is 4.11. The van der Waals surface area contributed by atoms with Crippen molar-refractivity contribution in [2.45, 2.75) is 25.3 Å². The summed E-state index contributed by atoms with van der Waals surface area (Å²) in [7, 11) is 1.31. The fourth-order valence-electron chi connectivity index (χ4n) is 2.62. The van der Waals surface area contributed by atoms with Gasteiger partial charge in [-0.3, -0.25) is 4.79 Å². The van der Waals surface area contributed by atoms with Crippen molar-refractivity contribution in [3.8, 4) is 0 Å². The largest absolute Gasteiger partial charge is 0.465 e. The fraction of sp³-hybridized carbons (Fsp3) is 0.294. The maximum Gasteiger partial charge on any atom is 0.337 e. The molecule has 7 heteroatoms. The predicted molar refractivity (Wildman–Crippen MR) is 84.9 cm³/mol. The number of ether oxygens (including phenoxy) is 1. The van der Waals surface area contributed by atoms with Gasteiger partial charge in [-0.05, 0) is 36.4 Å². The summed E-state index contributed by atoms with van der Waals surface area (Å²) in [5.41, 5.74) is 0.123. The molecule has 0 saturated heterocycles. The van der Waals surface area contributed by atoms with Crippen molar-refractivity contribution in [3.63, 3.8) is 0 Å². The maximum absolute atomic E-state index is 12.7. The van der Waals surface area contributed by atoms with Crippen molar-refractivity contribution in [2.75, 3.05) is 7.11 Å². The van der Waals surface area contributed by atoms with E-state index in [2.05, 4.69) is 10.2 Å². The first-order valence-electron chi connectivity index (χ1n) is 7.69. The molecule has 2 heterocycles. The van der Waals surface area contributed by atoms with Crippen molar-refractivity contribution < 1.29 is 13.9 Å². The number of nitrogens with zero attached hydrogens (tertiary/aromatic N) is 3. The van der Waals surface area contributed by atoms with E-state index in [1.54, 1.807) is 24.4 Å². The van der Waals surface area contributed by atoms with Gasteiger partial charge in [0.25, 0.3) is 5.56 Å². The number of esters is 1. The summed E-state index contributed by atoms with van der Waals surface area (Å²) in [6, 6.07) is 6.72. The first-order valence-corrected chi connectivity index (χ1v) is 7.69. The Labute approximate surface area is 136 Å². The highest BCUT2D eigenvalue weighted by molar-refractivity contribution is 5.95. The number of hydrogen-bond donors (Lipinski definition) is 0. The van der Waals surface area contributed by atoms with Crippen LogP contribution in [0.15, 0.2) is 39.7 Å². The van der Waals surface area contributed by atoms with E-state index >= 15 is 0 Å².